The van der Waals surface area contributed by atoms with Crippen LogP contribution >= 0.6 is 0 Å². The number of rotatable bonds is 4. The van der Waals surface area contributed by atoms with E-state index >= 15 is 0 Å². The van der Waals surface area contributed by atoms with Gasteiger partial charge in [0.2, 0.25) is 0 Å². The SMILES string of the molecule is COC(=O)CCN(C)c1cc(C#N)ccn1. The molecule has 5 nitrogen and oxygen atoms in total. The van der Waals surface area contributed by atoms with Gasteiger partial charge in [0.1, 0.15) is 5.82 Å². The van der Waals surface area contributed by atoms with Crippen LogP contribution in [0.25, 0.3) is 0 Å². The van der Waals surface area contributed by atoms with E-state index in [-0.39, 0.29) is 5.97 Å². The predicted molar refractivity (Wildman–Crippen MR) is 58.9 cm³/mol. The van der Waals surface area contributed by atoms with Crippen LogP contribution in [0.3, 0.4) is 0 Å². The summed E-state index contributed by atoms with van der Waals surface area (Å²) >= 11 is 0. The van der Waals surface area contributed by atoms with Gasteiger partial charge in [0.25, 0.3) is 0 Å². The van der Waals surface area contributed by atoms with E-state index in [9.17, 15) is 4.79 Å². The Labute approximate surface area is 94.3 Å². The molecule has 1 aromatic heterocycles. The van der Waals surface area contributed by atoms with Crippen LogP contribution < -0.4 is 4.90 Å². The van der Waals surface area contributed by atoms with E-state index in [1.807, 2.05) is 13.1 Å². The minimum Gasteiger partial charge on any atom is -0.469 e. The fraction of sp³-hybridized carbons (Fsp3) is 0.364. The van der Waals surface area contributed by atoms with Crippen LogP contribution in [0, 0.1) is 11.3 Å². The van der Waals surface area contributed by atoms with E-state index in [0.717, 1.165) is 0 Å². The van der Waals surface area contributed by atoms with Crippen molar-refractivity contribution in [2.45, 2.75) is 6.42 Å². The third kappa shape index (κ3) is 3.24. The molecule has 84 valence electrons. The van der Waals surface area contributed by atoms with Crippen molar-refractivity contribution >= 4 is 11.8 Å². The van der Waals surface area contributed by atoms with Crippen molar-refractivity contribution in [2.75, 3.05) is 25.6 Å². The Morgan fingerprint density at radius 3 is 3.06 bits per heavy atom. The zero-order chi connectivity index (χ0) is 12.0. The maximum absolute atomic E-state index is 10.9. The number of carbonyl (C=O) groups is 1. The topological polar surface area (TPSA) is 66.2 Å². The Balaban J connectivity index is 2.62. The summed E-state index contributed by atoms with van der Waals surface area (Å²) in [6.07, 6.45) is 1.87. The summed E-state index contributed by atoms with van der Waals surface area (Å²) in [6.45, 7) is 0.508. The number of hydrogen-bond acceptors (Lipinski definition) is 5. The first-order valence-electron chi connectivity index (χ1n) is 4.81. The first kappa shape index (κ1) is 12.0. The summed E-state index contributed by atoms with van der Waals surface area (Å²) in [5.74, 6) is 0.409. The first-order chi connectivity index (χ1) is 7.67. The number of aromatic nitrogens is 1. The van der Waals surface area contributed by atoms with Crippen molar-refractivity contribution in [3.63, 3.8) is 0 Å². The lowest BCUT2D eigenvalue weighted by Gasteiger charge is -2.17. The van der Waals surface area contributed by atoms with Gasteiger partial charge in [0.15, 0.2) is 0 Å². The average Bonchev–Trinajstić information content (AvgIpc) is 2.35. The van der Waals surface area contributed by atoms with Crippen LogP contribution in [0.2, 0.25) is 0 Å². The Kier molecular flexibility index (Phi) is 4.28. The highest BCUT2D eigenvalue weighted by Gasteiger charge is 2.06. The number of esters is 1. The summed E-state index contributed by atoms with van der Waals surface area (Å²) in [6, 6.07) is 5.35. The molecule has 1 aromatic rings. The molecule has 0 aliphatic rings. The lowest BCUT2D eigenvalue weighted by atomic mass is 10.3. The van der Waals surface area contributed by atoms with Crippen molar-refractivity contribution in [1.82, 2.24) is 4.98 Å². The van der Waals surface area contributed by atoms with Crippen molar-refractivity contribution in [3.8, 4) is 6.07 Å². The quantitative estimate of drug-likeness (QED) is 0.705. The van der Waals surface area contributed by atoms with Gasteiger partial charge in [-0.25, -0.2) is 4.98 Å². The number of carbonyl (C=O) groups excluding carboxylic acids is 1. The number of pyridine rings is 1. The van der Waals surface area contributed by atoms with Crippen molar-refractivity contribution in [2.24, 2.45) is 0 Å². The maximum atomic E-state index is 10.9. The standard InChI is InChI=1S/C11H13N3O2/c1-14(6-4-11(15)16-2)10-7-9(8-12)3-5-13-10/h3,5,7H,4,6H2,1-2H3. The van der Waals surface area contributed by atoms with E-state index < -0.39 is 0 Å². The maximum Gasteiger partial charge on any atom is 0.307 e. The largest absolute Gasteiger partial charge is 0.469 e. The molecule has 0 radical (unpaired) electrons. The summed E-state index contributed by atoms with van der Waals surface area (Å²) < 4.78 is 4.54. The molecule has 0 bridgehead atoms. The first-order valence-corrected chi connectivity index (χ1v) is 4.81. The van der Waals surface area contributed by atoms with Crippen molar-refractivity contribution < 1.29 is 9.53 Å². The van der Waals surface area contributed by atoms with Gasteiger partial charge in [-0.1, -0.05) is 0 Å². The second-order valence-corrected chi connectivity index (χ2v) is 3.26. The van der Waals surface area contributed by atoms with Gasteiger partial charge in [0, 0.05) is 19.8 Å². The molecule has 0 aliphatic heterocycles. The third-order valence-electron chi connectivity index (χ3n) is 2.14. The van der Waals surface area contributed by atoms with E-state index in [2.05, 4.69) is 9.72 Å². The van der Waals surface area contributed by atoms with Gasteiger partial charge in [-0.3, -0.25) is 4.79 Å². The van der Waals surface area contributed by atoms with E-state index in [4.69, 9.17) is 5.26 Å². The fourth-order valence-corrected chi connectivity index (χ4v) is 1.17. The second-order valence-electron chi connectivity index (χ2n) is 3.26. The molecule has 1 rings (SSSR count). The van der Waals surface area contributed by atoms with Gasteiger partial charge >= 0.3 is 5.97 Å². The number of hydrogen-bond donors (Lipinski definition) is 0. The van der Waals surface area contributed by atoms with Crippen LogP contribution in [-0.2, 0) is 9.53 Å². The molecule has 0 spiro atoms. The third-order valence-corrected chi connectivity index (χ3v) is 2.14. The van der Waals surface area contributed by atoms with Gasteiger partial charge in [-0.05, 0) is 12.1 Å². The monoisotopic (exact) mass is 219 g/mol. The van der Waals surface area contributed by atoms with Crippen LogP contribution in [0.5, 0.6) is 0 Å². The minimum atomic E-state index is -0.261. The Morgan fingerprint density at radius 2 is 2.44 bits per heavy atom. The Hall–Kier alpha value is -2.09. The van der Waals surface area contributed by atoms with Crippen molar-refractivity contribution in [3.05, 3.63) is 23.9 Å². The molecular weight excluding hydrogens is 206 g/mol. The predicted octanol–water partition coefficient (Wildman–Crippen LogP) is 0.953. The highest BCUT2D eigenvalue weighted by Crippen LogP contribution is 2.10. The van der Waals surface area contributed by atoms with E-state index in [0.29, 0.717) is 24.3 Å². The van der Waals surface area contributed by atoms with Gasteiger partial charge < -0.3 is 9.64 Å². The molecular formula is C11H13N3O2. The molecule has 0 atom stereocenters. The van der Waals surface area contributed by atoms with E-state index in [1.54, 1.807) is 23.2 Å². The normalized spacial score (nSPS) is 9.31. The minimum absolute atomic E-state index is 0.261. The molecule has 5 heteroatoms. The van der Waals surface area contributed by atoms with Gasteiger partial charge in [-0.2, -0.15) is 5.26 Å². The molecule has 0 N–H and O–H groups in total. The number of nitriles is 1. The van der Waals surface area contributed by atoms with Crippen LogP contribution in [0.4, 0.5) is 5.82 Å². The Bertz CT molecular complexity index is 412. The average molecular weight is 219 g/mol. The van der Waals surface area contributed by atoms with Crippen molar-refractivity contribution in [1.29, 1.82) is 5.26 Å². The van der Waals surface area contributed by atoms with Gasteiger partial charge in [-0.15, -0.1) is 0 Å². The lowest BCUT2D eigenvalue weighted by Crippen LogP contribution is -2.22. The number of methoxy groups -OCH3 is 1. The van der Waals surface area contributed by atoms with Crippen LogP contribution in [0.1, 0.15) is 12.0 Å². The summed E-state index contributed by atoms with van der Waals surface area (Å²) in [7, 11) is 3.17. The number of nitrogens with zero attached hydrogens (tertiary/aromatic N) is 3. The highest BCUT2D eigenvalue weighted by atomic mass is 16.5. The van der Waals surface area contributed by atoms with Crippen LogP contribution in [0.15, 0.2) is 18.3 Å². The molecule has 0 saturated carbocycles. The lowest BCUT2D eigenvalue weighted by molar-refractivity contribution is -0.140. The zero-order valence-corrected chi connectivity index (χ0v) is 9.30. The molecule has 0 unspecified atom stereocenters. The fourth-order valence-electron chi connectivity index (χ4n) is 1.17. The molecule has 0 saturated heterocycles. The summed E-state index contributed by atoms with van der Waals surface area (Å²) in [4.78, 5) is 16.9. The van der Waals surface area contributed by atoms with Crippen LogP contribution in [-0.4, -0.2) is 31.7 Å². The molecule has 16 heavy (non-hydrogen) atoms. The molecule has 0 aromatic carbocycles. The molecule has 0 fully saturated rings. The van der Waals surface area contributed by atoms with Gasteiger partial charge in [0.05, 0.1) is 25.2 Å². The smallest absolute Gasteiger partial charge is 0.307 e. The number of ether oxygens (including phenoxy) is 1. The van der Waals surface area contributed by atoms with E-state index in [1.165, 1.54) is 7.11 Å². The molecule has 0 aliphatic carbocycles. The second kappa shape index (κ2) is 5.71. The number of anilines is 1. The zero-order valence-electron chi connectivity index (χ0n) is 9.30. The molecule has 0 amide bonds. The molecule has 1 heterocycles. The Morgan fingerprint density at radius 1 is 1.69 bits per heavy atom. The highest BCUT2D eigenvalue weighted by molar-refractivity contribution is 5.69. The summed E-state index contributed by atoms with van der Waals surface area (Å²) in [5.41, 5.74) is 0.551. The summed E-state index contributed by atoms with van der Waals surface area (Å²) in [5, 5.41) is 8.73.